The van der Waals surface area contributed by atoms with Crippen LogP contribution in [0.4, 0.5) is 0 Å². The van der Waals surface area contributed by atoms with Gasteiger partial charge in [0.1, 0.15) is 0 Å². The Morgan fingerprint density at radius 1 is 1.17 bits per heavy atom. The third-order valence-electron chi connectivity index (χ3n) is 3.49. The third-order valence-corrected chi connectivity index (χ3v) is 6.39. The summed E-state index contributed by atoms with van der Waals surface area (Å²) in [6.07, 6.45) is 2.04. The van der Waals surface area contributed by atoms with Gasteiger partial charge in [0.2, 0.25) is 0 Å². The number of hydrogen-bond donors (Lipinski definition) is 0. The van der Waals surface area contributed by atoms with Gasteiger partial charge in [-0.05, 0) is 12.8 Å². The molecule has 0 N–H and O–H groups in total. The first-order chi connectivity index (χ1) is 8.68. The molecule has 0 spiro atoms. The van der Waals surface area contributed by atoms with Crippen molar-refractivity contribution in [3.63, 3.8) is 0 Å². The Labute approximate surface area is 111 Å². The molecule has 0 amide bonds. The second-order valence-corrected chi connectivity index (χ2v) is 7.47. The lowest BCUT2D eigenvalue weighted by atomic mass is 9.96. The number of hydrogen-bond acceptors (Lipinski definition) is 5. The summed E-state index contributed by atoms with van der Waals surface area (Å²) in [4.78, 5) is 0. The molecular formula is C12H26O5Si. The lowest BCUT2D eigenvalue weighted by Crippen LogP contribution is -2.65. The van der Waals surface area contributed by atoms with Crippen LogP contribution in [0.1, 0.15) is 26.7 Å². The monoisotopic (exact) mass is 278 g/mol. The van der Waals surface area contributed by atoms with Crippen molar-refractivity contribution in [1.82, 2.24) is 0 Å². The zero-order valence-electron chi connectivity index (χ0n) is 12.1. The lowest BCUT2D eigenvalue weighted by molar-refractivity contribution is -0.177. The molecule has 0 aromatic rings. The van der Waals surface area contributed by atoms with Crippen LogP contribution in [0.3, 0.4) is 0 Å². The van der Waals surface area contributed by atoms with Crippen molar-refractivity contribution in [1.29, 1.82) is 0 Å². The van der Waals surface area contributed by atoms with E-state index in [9.17, 15) is 0 Å². The molecule has 1 rings (SSSR count). The molecule has 5 nitrogen and oxygen atoms in total. The molecule has 0 bridgehead atoms. The predicted molar refractivity (Wildman–Crippen MR) is 70.3 cm³/mol. The van der Waals surface area contributed by atoms with Gasteiger partial charge in [0, 0.05) is 33.9 Å². The maximum Gasteiger partial charge on any atom is 0.533 e. The molecule has 1 aliphatic rings. The fraction of sp³-hybridized carbons (Fsp3) is 1.00. The Balaban J connectivity index is 2.81. The van der Waals surface area contributed by atoms with Crippen molar-refractivity contribution < 1.29 is 22.8 Å². The summed E-state index contributed by atoms with van der Waals surface area (Å²) in [5.41, 5.74) is -0.240. The van der Waals surface area contributed by atoms with Crippen LogP contribution < -0.4 is 0 Å². The normalized spacial score (nSPS) is 25.8. The van der Waals surface area contributed by atoms with Crippen molar-refractivity contribution in [3.05, 3.63) is 0 Å². The van der Waals surface area contributed by atoms with Crippen molar-refractivity contribution >= 4 is 8.80 Å². The molecule has 0 saturated carbocycles. The highest BCUT2D eigenvalue weighted by molar-refractivity contribution is 6.62. The first-order valence-corrected chi connectivity index (χ1v) is 8.37. The van der Waals surface area contributed by atoms with Crippen LogP contribution in [-0.2, 0) is 22.8 Å². The average Bonchev–Trinajstić information content (AvgIpc) is 2.37. The largest absolute Gasteiger partial charge is 0.533 e. The van der Waals surface area contributed by atoms with Crippen molar-refractivity contribution in [2.24, 2.45) is 5.92 Å². The van der Waals surface area contributed by atoms with Crippen molar-refractivity contribution in [2.45, 2.75) is 38.5 Å². The highest BCUT2D eigenvalue weighted by Crippen LogP contribution is 2.33. The summed E-state index contributed by atoms with van der Waals surface area (Å²) in [7, 11) is 2.01. The van der Waals surface area contributed by atoms with E-state index in [4.69, 9.17) is 22.8 Å². The maximum absolute atomic E-state index is 5.93. The predicted octanol–water partition coefficient (Wildman–Crippen LogP) is 1.62. The molecule has 0 aromatic heterocycles. The summed E-state index contributed by atoms with van der Waals surface area (Å²) in [6, 6.07) is 0. The second-order valence-electron chi connectivity index (χ2n) is 4.47. The first-order valence-electron chi connectivity index (χ1n) is 6.57. The number of rotatable bonds is 9. The van der Waals surface area contributed by atoms with Gasteiger partial charge in [-0.2, -0.15) is 0 Å². The summed E-state index contributed by atoms with van der Waals surface area (Å²) in [5, 5.41) is 0. The van der Waals surface area contributed by atoms with E-state index < -0.39 is 8.80 Å². The van der Waals surface area contributed by atoms with E-state index in [2.05, 4.69) is 13.8 Å². The smallest absolute Gasteiger partial charge is 0.375 e. The SMILES string of the molecule is CCCOC(C1OCC1CC)[Si](OC)(OC)OC. The zero-order chi connectivity index (χ0) is 13.6. The minimum atomic E-state index is -2.82. The Kier molecular flexibility index (Phi) is 6.76. The minimum absolute atomic E-state index is 0.0214. The molecule has 1 saturated heterocycles. The second kappa shape index (κ2) is 7.57. The van der Waals surface area contributed by atoms with E-state index in [-0.39, 0.29) is 11.8 Å². The minimum Gasteiger partial charge on any atom is -0.375 e. The van der Waals surface area contributed by atoms with E-state index in [1.165, 1.54) is 0 Å². The summed E-state index contributed by atoms with van der Waals surface area (Å²) in [5.74, 6) is 0.499. The van der Waals surface area contributed by atoms with Gasteiger partial charge in [-0.25, -0.2) is 0 Å². The van der Waals surface area contributed by atoms with Gasteiger partial charge >= 0.3 is 8.80 Å². The van der Waals surface area contributed by atoms with Crippen LogP contribution in [0.25, 0.3) is 0 Å². The quantitative estimate of drug-likeness (QED) is 0.600. The standard InChI is InChI=1S/C12H26O5Si/c1-6-8-16-12(11-10(7-2)9-17-11)18(13-3,14-4)15-5/h10-12H,6-9H2,1-5H3. The summed E-state index contributed by atoms with van der Waals surface area (Å²) < 4.78 is 28.2. The Morgan fingerprint density at radius 2 is 1.78 bits per heavy atom. The van der Waals surface area contributed by atoms with Gasteiger partial charge in [0.05, 0.1) is 12.7 Å². The van der Waals surface area contributed by atoms with Gasteiger partial charge in [-0.3, -0.25) is 0 Å². The van der Waals surface area contributed by atoms with Crippen LogP contribution in [0.15, 0.2) is 0 Å². The van der Waals surface area contributed by atoms with Gasteiger partial charge in [0.25, 0.3) is 0 Å². The number of ether oxygens (including phenoxy) is 2. The van der Waals surface area contributed by atoms with Crippen LogP contribution in [-0.4, -0.2) is 55.2 Å². The molecule has 0 radical (unpaired) electrons. The van der Waals surface area contributed by atoms with Crippen LogP contribution in [0.5, 0.6) is 0 Å². The van der Waals surface area contributed by atoms with Gasteiger partial charge in [-0.15, -0.1) is 0 Å². The summed E-state index contributed by atoms with van der Waals surface area (Å²) in [6.45, 7) is 5.68. The molecule has 108 valence electrons. The molecule has 3 unspecified atom stereocenters. The van der Waals surface area contributed by atoms with E-state index in [0.717, 1.165) is 19.4 Å². The van der Waals surface area contributed by atoms with Crippen LogP contribution >= 0.6 is 0 Å². The molecule has 3 atom stereocenters. The Hall–Kier alpha value is 0.0169. The lowest BCUT2D eigenvalue weighted by Gasteiger charge is -2.45. The Morgan fingerprint density at radius 3 is 2.11 bits per heavy atom. The topological polar surface area (TPSA) is 46.2 Å². The molecule has 1 fully saturated rings. The van der Waals surface area contributed by atoms with Gasteiger partial charge in [0.15, 0.2) is 5.73 Å². The molecule has 0 aliphatic carbocycles. The molecule has 18 heavy (non-hydrogen) atoms. The highest BCUT2D eigenvalue weighted by atomic mass is 28.4. The maximum atomic E-state index is 5.93. The molecular weight excluding hydrogens is 252 g/mol. The van der Waals surface area contributed by atoms with Gasteiger partial charge in [-0.1, -0.05) is 13.8 Å². The molecule has 1 aliphatic heterocycles. The summed E-state index contributed by atoms with van der Waals surface area (Å²) >= 11 is 0. The van der Waals surface area contributed by atoms with Crippen LogP contribution in [0.2, 0.25) is 0 Å². The van der Waals surface area contributed by atoms with Crippen molar-refractivity contribution in [2.75, 3.05) is 34.5 Å². The Bertz CT molecular complexity index is 224. The average molecular weight is 278 g/mol. The van der Waals surface area contributed by atoms with Crippen LogP contribution in [0, 0.1) is 5.92 Å². The zero-order valence-corrected chi connectivity index (χ0v) is 13.1. The molecule has 0 aromatic carbocycles. The van der Waals surface area contributed by atoms with E-state index in [1.807, 2.05) is 0 Å². The van der Waals surface area contributed by atoms with E-state index in [0.29, 0.717) is 12.5 Å². The van der Waals surface area contributed by atoms with E-state index >= 15 is 0 Å². The fourth-order valence-electron chi connectivity index (χ4n) is 2.27. The van der Waals surface area contributed by atoms with Gasteiger partial charge < -0.3 is 22.8 Å². The first kappa shape index (κ1) is 16.1. The van der Waals surface area contributed by atoms with Crippen molar-refractivity contribution in [3.8, 4) is 0 Å². The van der Waals surface area contributed by atoms with E-state index in [1.54, 1.807) is 21.3 Å². The molecule has 6 heteroatoms. The fourth-order valence-corrected chi connectivity index (χ4v) is 4.56. The highest BCUT2D eigenvalue weighted by Gasteiger charge is 2.56. The third kappa shape index (κ3) is 3.12. The molecule has 1 heterocycles.